The number of hydrogen-bond acceptors (Lipinski definition) is 6. The molecule has 0 atom stereocenters. The summed E-state index contributed by atoms with van der Waals surface area (Å²) in [5, 5.41) is 4.48. The van der Waals surface area contributed by atoms with E-state index in [0.717, 1.165) is 76.3 Å². The summed E-state index contributed by atoms with van der Waals surface area (Å²) in [6, 6.07) is 3.85. The third-order valence-electron chi connectivity index (χ3n) is 6.05. The number of carbonyl (C=O) groups excluding carboxylic acids is 1. The van der Waals surface area contributed by atoms with Crippen LogP contribution in [0.25, 0.3) is 0 Å². The highest BCUT2D eigenvalue weighted by molar-refractivity contribution is 5.75. The van der Waals surface area contributed by atoms with Crippen molar-refractivity contribution in [3.63, 3.8) is 0 Å². The van der Waals surface area contributed by atoms with Gasteiger partial charge >= 0.3 is 5.69 Å². The lowest BCUT2D eigenvalue weighted by Crippen LogP contribution is -2.40. The molecule has 0 aliphatic carbocycles. The van der Waals surface area contributed by atoms with E-state index in [9.17, 15) is 9.59 Å². The third kappa shape index (κ3) is 5.80. The molecule has 0 aromatic carbocycles. The van der Waals surface area contributed by atoms with Gasteiger partial charge in [0, 0.05) is 58.1 Å². The Morgan fingerprint density at radius 3 is 2.71 bits per heavy atom. The fraction of sp³-hybridized carbons (Fsp3) is 0.636. The molecule has 0 radical (unpaired) electrons. The molecule has 0 spiro atoms. The molecule has 4 rings (SSSR count). The second kappa shape index (κ2) is 10.7. The monoisotopic (exact) mass is 428 g/mol. The Labute approximate surface area is 182 Å². The molecule has 9 nitrogen and oxygen atoms in total. The summed E-state index contributed by atoms with van der Waals surface area (Å²) in [5.41, 5.74) is 0.866. The van der Waals surface area contributed by atoms with Crippen LogP contribution in [0, 0.1) is 0 Å². The standard InChI is InChI=1S/C22H32N6O3/c29-21(18-28-22(30)27-12-3-1-2-5-20(27)24-28)26(17-19-6-8-23-9-7-19)11-4-10-25-13-15-31-16-14-25/h6-9H,1-5,10-18H2. The van der Waals surface area contributed by atoms with Gasteiger partial charge in [0.15, 0.2) is 0 Å². The van der Waals surface area contributed by atoms with E-state index in [2.05, 4.69) is 15.0 Å². The number of amides is 1. The molecule has 0 N–H and O–H groups in total. The predicted molar refractivity (Wildman–Crippen MR) is 116 cm³/mol. The van der Waals surface area contributed by atoms with Crippen LogP contribution >= 0.6 is 0 Å². The quantitative estimate of drug-likeness (QED) is 0.622. The van der Waals surface area contributed by atoms with Gasteiger partial charge < -0.3 is 9.64 Å². The summed E-state index contributed by atoms with van der Waals surface area (Å²) < 4.78 is 8.50. The zero-order chi connectivity index (χ0) is 21.5. The average molecular weight is 429 g/mol. The number of hydrogen-bond donors (Lipinski definition) is 0. The van der Waals surface area contributed by atoms with E-state index >= 15 is 0 Å². The molecule has 1 saturated heterocycles. The minimum atomic E-state index is -0.164. The number of fused-ring (bicyclic) bond motifs is 1. The SMILES string of the molecule is O=C(Cn1nc2n(c1=O)CCCCC2)N(CCCN1CCOCC1)Cc1ccncc1. The summed E-state index contributed by atoms with van der Waals surface area (Å²) in [6.45, 7) is 6.18. The molecular formula is C22H32N6O3. The maximum Gasteiger partial charge on any atom is 0.346 e. The normalized spacial score (nSPS) is 17.2. The highest BCUT2D eigenvalue weighted by atomic mass is 16.5. The predicted octanol–water partition coefficient (Wildman–Crippen LogP) is 0.917. The Bertz CT molecular complexity index is 904. The molecular weight excluding hydrogens is 396 g/mol. The average Bonchev–Trinajstić information content (AvgIpc) is 2.95. The van der Waals surface area contributed by atoms with Crippen molar-refractivity contribution >= 4 is 5.91 Å². The summed E-state index contributed by atoms with van der Waals surface area (Å²) in [7, 11) is 0. The summed E-state index contributed by atoms with van der Waals surface area (Å²) in [4.78, 5) is 34.2. The highest BCUT2D eigenvalue weighted by Gasteiger charge is 2.21. The van der Waals surface area contributed by atoms with E-state index in [1.807, 2.05) is 17.0 Å². The Morgan fingerprint density at radius 2 is 1.90 bits per heavy atom. The van der Waals surface area contributed by atoms with Crippen LogP contribution in [0.1, 0.15) is 37.1 Å². The van der Waals surface area contributed by atoms with E-state index in [1.54, 1.807) is 17.0 Å². The van der Waals surface area contributed by atoms with Crippen LogP contribution in [0.2, 0.25) is 0 Å². The van der Waals surface area contributed by atoms with E-state index in [4.69, 9.17) is 4.74 Å². The lowest BCUT2D eigenvalue weighted by atomic mass is 10.2. The van der Waals surface area contributed by atoms with Crippen molar-refractivity contribution in [3.05, 3.63) is 46.4 Å². The van der Waals surface area contributed by atoms with Crippen LogP contribution in [-0.2, 0) is 35.6 Å². The zero-order valence-corrected chi connectivity index (χ0v) is 18.1. The summed E-state index contributed by atoms with van der Waals surface area (Å²) >= 11 is 0. The van der Waals surface area contributed by atoms with Crippen molar-refractivity contribution in [2.24, 2.45) is 0 Å². The fourth-order valence-corrected chi connectivity index (χ4v) is 4.27. The number of aryl methyl sites for hydroxylation is 1. The number of pyridine rings is 1. The smallest absolute Gasteiger partial charge is 0.346 e. The van der Waals surface area contributed by atoms with Gasteiger partial charge in [-0.25, -0.2) is 9.48 Å². The van der Waals surface area contributed by atoms with Gasteiger partial charge in [0.2, 0.25) is 5.91 Å². The molecule has 0 saturated carbocycles. The van der Waals surface area contributed by atoms with Gasteiger partial charge in [0.1, 0.15) is 12.4 Å². The molecule has 2 aromatic rings. The van der Waals surface area contributed by atoms with E-state index in [-0.39, 0.29) is 18.1 Å². The lowest BCUT2D eigenvalue weighted by molar-refractivity contribution is -0.132. The Kier molecular flexibility index (Phi) is 7.48. The first kappa shape index (κ1) is 21.7. The molecule has 2 aliphatic rings. The molecule has 1 fully saturated rings. The third-order valence-corrected chi connectivity index (χ3v) is 6.05. The van der Waals surface area contributed by atoms with E-state index in [1.165, 1.54) is 4.68 Å². The summed E-state index contributed by atoms with van der Waals surface area (Å²) in [5.74, 6) is 0.734. The van der Waals surface area contributed by atoms with Gasteiger partial charge in [0.05, 0.1) is 13.2 Å². The largest absolute Gasteiger partial charge is 0.379 e. The maximum atomic E-state index is 13.2. The molecule has 31 heavy (non-hydrogen) atoms. The number of morpholine rings is 1. The van der Waals surface area contributed by atoms with Crippen molar-refractivity contribution in [2.45, 2.75) is 51.7 Å². The Morgan fingerprint density at radius 1 is 1.10 bits per heavy atom. The Balaban J connectivity index is 1.42. The van der Waals surface area contributed by atoms with Gasteiger partial charge in [-0.2, -0.15) is 5.10 Å². The van der Waals surface area contributed by atoms with Crippen molar-refractivity contribution < 1.29 is 9.53 Å². The number of carbonyl (C=O) groups is 1. The number of rotatable bonds is 8. The van der Waals surface area contributed by atoms with Gasteiger partial charge in [-0.15, -0.1) is 0 Å². The molecule has 1 amide bonds. The zero-order valence-electron chi connectivity index (χ0n) is 18.1. The van der Waals surface area contributed by atoms with Gasteiger partial charge in [-0.05, 0) is 37.0 Å². The fourth-order valence-electron chi connectivity index (χ4n) is 4.27. The number of nitrogens with zero attached hydrogens (tertiary/aromatic N) is 6. The van der Waals surface area contributed by atoms with Gasteiger partial charge in [-0.3, -0.25) is 19.2 Å². The maximum absolute atomic E-state index is 13.2. The first-order valence-electron chi connectivity index (χ1n) is 11.3. The minimum absolute atomic E-state index is 0.0124. The van der Waals surface area contributed by atoms with Crippen molar-refractivity contribution in [1.29, 1.82) is 0 Å². The van der Waals surface area contributed by atoms with Crippen LogP contribution < -0.4 is 5.69 Å². The molecule has 168 valence electrons. The summed E-state index contributed by atoms with van der Waals surface area (Å²) in [6.07, 6.45) is 8.31. The molecule has 0 unspecified atom stereocenters. The van der Waals surface area contributed by atoms with Crippen LogP contribution in [0.4, 0.5) is 0 Å². The molecule has 2 aromatic heterocycles. The van der Waals surface area contributed by atoms with Crippen LogP contribution in [0.3, 0.4) is 0 Å². The van der Waals surface area contributed by atoms with Gasteiger partial charge in [-0.1, -0.05) is 6.42 Å². The van der Waals surface area contributed by atoms with E-state index in [0.29, 0.717) is 19.6 Å². The van der Waals surface area contributed by atoms with Crippen LogP contribution in [0.15, 0.2) is 29.3 Å². The first-order chi connectivity index (χ1) is 15.2. The second-order valence-electron chi connectivity index (χ2n) is 8.30. The molecule has 0 bridgehead atoms. The van der Waals surface area contributed by atoms with Gasteiger partial charge in [0.25, 0.3) is 0 Å². The number of ether oxygens (including phenoxy) is 1. The lowest BCUT2D eigenvalue weighted by Gasteiger charge is -2.28. The van der Waals surface area contributed by atoms with Crippen LogP contribution in [0.5, 0.6) is 0 Å². The van der Waals surface area contributed by atoms with Crippen molar-refractivity contribution in [2.75, 3.05) is 39.4 Å². The highest BCUT2D eigenvalue weighted by Crippen LogP contribution is 2.11. The van der Waals surface area contributed by atoms with Crippen molar-refractivity contribution in [1.82, 2.24) is 29.1 Å². The minimum Gasteiger partial charge on any atom is -0.379 e. The molecule has 2 aliphatic heterocycles. The number of aromatic nitrogens is 4. The van der Waals surface area contributed by atoms with Crippen LogP contribution in [-0.4, -0.2) is 74.4 Å². The first-order valence-corrected chi connectivity index (χ1v) is 11.3. The molecule has 4 heterocycles. The van der Waals surface area contributed by atoms with Crippen molar-refractivity contribution in [3.8, 4) is 0 Å². The topological polar surface area (TPSA) is 85.5 Å². The molecule has 9 heteroatoms. The van der Waals surface area contributed by atoms with E-state index < -0.39 is 0 Å². The Hall–Kier alpha value is -2.52. The second-order valence-corrected chi connectivity index (χ2v) is 8.30.